The Morgan fingerprint density at radius 2 is 1.96 bits per heavy atom. The number of amides is 2. The fourth-order valence-corrected chi connectivity index (χ4v) is 8.83. The van der Waals surface area contributed by atoms with Gasteiger partial charge in [-0.3, -0.25) is 9.88 Å². The molecule has 13 nitrogen and oxygen atoms in total. The molecule has 3 saturated heterocycles. The van der Waals surface area contributed by atoms with Gasteiger partial charge in [-0.15, -0.1) is 0 Å². The van der Waals surface area contributed by atoms with Crippen molar-refractivity contribution in [2.75, 3.05) is 64.6 Å². The number of benzene rings is 2. The molecule has 7 heterocycles. The van der Waals surface area contributed by atoms with Crippen molar-refractivity contribution in [3.63, 3.8) is 0 Å². The minimum absolute atomic E-state index is 0.0260. The largest absolute Gasteiger partial charge is 0.461 e. The van der Waals surface area contributed by atoms with Crippen molar-refractivity contribution in [2.45, 2.75) is 68.9 Å². The zero-order chi connectivity index (χ0) is 39.2. The van der Waals surface area contributed by atoms with Gasteiger partial charge >= 0.3 is 18.2 Å². The number of ether oxygens (including phenoxy) is 4. The van der Waals surface area contributed by atoms with E-state index in [2.05, 4.69) is 30.5 Å². The highest BCUT2D eigenvalue weighted by Crippen LogP contribution is 2.42. The fraction of sp³-hybridized carbons (Fsp3) is 0.513. The zero-order valence-corrected chi connectivity index (χ0v) is 31.1. The number of fused-ring (bicyclic) bond motifs is 7. The molecule has 0 radical (unpaired) electrons. The molecule has 9 rings (SSSR count). The Labute approximate surface area is 320 Å². The van der Waals surface area contributed by atoms with Crippen LogP contribution >= 0.6 is 0 Å². The van der Waals surface area contributed by atoms with Gasteiger partial charge in [0, 0.05) is 51.3 Å². The molecule has 6 bridgehead atoms. The molecule has 5 aliphatic rings. The summed E-state index contributed by atoms with van der Waals surface area (Å²) in [5.41, 5.74) is -1.82. The first-order chi connectivity index (χ1) is 26.9. The summed E-state index contributed by atoms with van der Waals surface area (Å²) in [6, 6.07) is 5.48. The smallest absolute Gasteiger partial charge is 0.412 e. The standard InChI is InChI=1S/C39H43F4N7O6/c1-38-15-23(40)18-49(20-38)34-28-17-45-32(31(43)33(28)46-35(47-34)55-21-39-8-4-10-50(39)19-24(41)16-39)27-14-25(56-36(51)44-9-12-53-2)13-22-6-7-29(42)26(30(22)27)5-3-11-54-37(52)48-38/h6-7,13-14,17,23-24H,3-5,8-12,15-16,18-21H2,1-2H3,(H,44,51)(H,48,52)/t23-,24-,38-,39+/m1/s1. The average molecular weight is 782 g/mol. The van der Waals surface area contributed by atoms with E-state index in [-0.39, 0.29) is 110 Å². The second-order valence-corrected chi connectivity index (χ2v) is 15.4. The van der Waals surface area contributed by atoms with Gasteiger partial charge in [0.15, 0.2) is 5.82 Å². The number of carbonyl (C=O) groups is 2. The van der Waals surface area contributed by atoms with Crippen LogP contribution < -0.4 is 25.0 Å². The van der Waals surface area contributed by atoms with Crippen LogP contribution in [0.25, 0.3) is 32.9 Å². The van der Waals surface area contributed by atoms with Crippen LogP contribution in [0.15, 0.2) is 30.5 Å². The van der Waals surface area contributed by atoms with E-state index in [0.717, 1.165) is 13.0 Å². The number of alkyl halides is 2. The molecule has 0 unspecified atom stereocenters. The number of aromatic nitrogens is 3. The molecule has 2 amide bonds. The number of alkyl carbamates (subject to hydrolysis) is 1. The van der Waals surface area contributed by atoms with Gasteiger partial charge in [-0.2, -0.15) is 9.97 Å². The summed E-state index contributed by atoms with van der Waals surface area (Å²) in [7, 11) is 1.49. The number of rotatable bonds is 7. The maximum atomic E-state index is 17.4. The van der Waals surface area contributed by atoms with E-state index >= 15 is 13.2 Å². The molecule has 298 valence electrons. The van der Waals surface area contributed by atoms with Crippen molar-refractivity contribution in [2.24, 2.45) is 0 Å². The molecule has 2 N–H and O–H groups in total. The van der Waals surface area contributed by atoms with Crippen LogP contribution in [0.1, 0.15) is 44.6 Å². The number of piperidine rings is 1. The summed E-state index contributed by atoms with van der Waals surface area (Å²) >= 11 is 0. The monoisotopic (exact) mass is 781 g/mol. The van der Waals surface area contributed by atoms with Crippen LogP contribution in [0, 0.1) is 11.6 Å². The van der Waals surface area contributed by atoms with Crippen LogP contribution in [0.5, 0.6) is 11.8 Å². The van der Waals surface area contributed by atoms with Gasteiger partial charge in [0.25, 0.3) is 0 Å². The van der Waals surface area contributed by atoms with Gasteiger partial charge in [-0.1, -0.05) is 6.07 Å². The minimum Gasteiger partial charge on any atom is -0.461 e. The molecule has 4 aromatic rings. The van der Waals surface area contributed by atoms with Gasteiger partial charge in [0.2, 0.25) is 0 Å². The number of anilines is 1. The van der Waals surface area contributed by atoms with E-state index in [0.29, 0.717) is 23.7 Å². The number of methoxy groups -OCH3 is 1. The second-order valence-electron chi connectivity index (χ2n) is 15.4. The van der Waals surface area contributed by atoms with Crippen molar-refractivity contribution in [3.8, 4) is 23.0 Å². The van der Waals surface area contributed by atoms with E-state index < -0.39 is 47.2 Å². The molecule has 2 aromatic carbocycles. The van der Waals surface area contributed by atoms with Crippen LogP contribution in [-0.2, 0) is 15.9 Å². The summed E-state index contributed by atoms with van der Waals surface area (Å²) in [4.78, 5) is 43.2. The third-order valence-corrected chi connectivity index (χ3v) is 11.2. The summed E-state index contributed by atoms with van der Waals surface area (Å²) in [6.07, 6.45) is -0.520. The molecule has 5 aliphatic heterocycles. The zero-order valence-electron chi connectivity index (χ0n) is 31.1. The number of nitrogens with one attached hydrogen (secondary N) is 2. The lowest BCUT2D eigenvalue weighted by Gasteiger charge is -2.42. The molecule has 2 aromatic heterocycles. The molecule has 3 fully saturated rings. The number of hydrogen-bond acceptors (Lipinski definition) is 11. The van der Waals surface area contributed by atoms with E-state index in [1.54, 1.807) is 11.8 Å². The first kappa shape index (κ1) is 37.9. The molecule has 0 saturated carbocycles. The van der Waals surface area contributed by atoms with E-state index in [4.69, 9.17) is 18.9 Å². The summed E-state index contributed by atoms with van der Waals surface area (Å²) in [5.74, 6) is -1.34. The first-order valence-corrected chi connectivity index (χ1v) is 18.9. The number of hydrogen-bond donors (Lipinski definition) is 2. The Hall–Kier alpha value is -5.03. The van der Waals surface area contributed by atoms with Crippen molar-refractivity contribution in [1.82, 2.24) is 30.5 Å². The van der Waals surface area contributed by atoms with E-state index in [1.165, 1.54) is 37.6 Å². The highest BCUT2D eigenvalue weighted by atomic mass is 19.1. The third kappa shape index (κ3) is 7.33. The van der Waals surface area contributed by atoms with Gasteiger partial charge < -0.3 is 34.5 Å². The van der Waals surface area contributed by atoms with Crippen LogP contribution in [0.3, 0.4) is 0 Å². The Morgan fingerprint density at radius 3 is 2.80 bits per heavy atom. The Morgan fingerprint density at radius 1 is 1.12 bits per heavy atom. The lowest BCUT2D eigenvalue weighted by Crippen LogP contribution is -2.60. The lowest BCUT2D eigenvalue weighted by molar-refractivity contribution is 0.107. The second kappa shape index (κ2) is 15.1. The number of nitrogens with zero attached hydrogens (tertiary/aromatic N) is 5. The molecule has 4 atom stereocenters. The van der Waals surface area contributed by atoms with Crippen molar-refractivity contribution in [3.05, 3.63) is 47.7 Å². The highest BCUT2D eigenvalue weighted by Gasteiger charge is 2.49. The SMILES string of the molecule is COCCNC(=O)Oc1cc2c3c(c(F)ccc3c1)CCCOC(=O)N[C@]1(C)C[C@@H](F)CN(C1)c1nc(OC[C@@]34CCCN3C[C@H](F)C4)nc3c(F)c-2ncc13. The minimum atomic E-state index is -1.42. The number of halogens is 4. The number of carbonyl (C=O) groups excluding carboxylic acids is 2. The topological polar surface area (TPSA) is 140 Å². The molecule has 0 aliphatic carbocycles. The Kier molecular flexibility index (Phi) is 10.2. The van der Waals surface area contributed by atoms with Crippen molar-refractivity contribution in [1.29, 1.82) is 0 Å². The Balaban J connectivity index is 1.30. The molecule has 17 heteroatoms. The van der Waals surface area contributed by atoms with Gasteiger partial charge in [0.05, 0.1) is 36.2 Å². The normalized spacial score (nSPS) is 25.2. The Bertz CT molecular complexity index is 2180. The first-order valence-electron chi connectivity index (χ1n) is 18.9. The summed E-state index contributed by atoms with van der Waals surface area (Å²) < 4.78 is 85.7. The molecular weight excluding hydrogens is 738 g/mol. The number of pyridine rings is 1. The summed E-state index contributed by atoms with van der Waals surface area (Å²) in [5, 5.41) is 6.23. The van der Waals surface area contributed by atoms with Crippen molar-refractivity contribution >= 4 is 39.7 Å². The highest BCUT2D eigenvalue weighted by molar-refractivity contribution is 6.02. The average Bonchev–Trinajstić information content (AvgIpc) is 3.68. The predicted molar refractivity (Wildman–Crippen MR) is 198 cm³/mol. The summed E-state index contributed by atoms with van der Waals surface area (Å²) in [6.45, 7) is 3.02. The van der Waals surface area contributed by atoms with Crippen LogP contribution in [-0.4, -0.2) is 115 Å². The third-order valence-electron chi connectivity index (χ3n) is 11.2. The molecular formula is C39H43F4N7O6. The fourth-order valence-electron chi connectivity index (χ4n) is 8.83. The van der Waals surface area contributed by atoms with E-state index in [9.17, 15) is 14.0 Å². The van der Waals surface area contributed by atoms with Crippen LogP contribution in [0.2, 0.25) is 0 Å². The maximum Gasteiger partial charge on any atom is 0.412 e. The maximum absolute atomic E-state index is 17.4. The van der Waals surface area contributed by atoms with Gasteiger partial charge in [-0.25, -0.2) is 27.2 Å². The molecule has 0 spiro atoms. The quantitative estimate of drug-likeness (QED) is 0.174. The van der Waals surface area contributed by atoms with Crippen LogP contribution in [0.4, 0.5) is 33.0 Å². The predicted octanol–water partition coefficient (Wildman–Crippen LogP) is 5.79. The molecule has 56 heavy (non-hydrogen) atoms. The van der Waals surface area contributed by atoms with Crippen molar-refractivity contribution < 1.29 is 46.1 Å². The van der Waals surface area contributed by atoms with Gasteiger partial charge in [0.1, 0.15) is 47.5 Å². The number of aryl methyl sites for hydroxylation is 1. The lowest BCUT2D eigenvalue weighted by atomic mass is 9.90. The van der Waals surface area contributed by atoms with E-state index in [1.807, 2.05) is 0 Å². The van der Waals surface area contributed by atoms with Gasteiger partial charge in [-0.05, 0) is 73.7 Å².